The average molecular weight is 408 g/mol. The zero-order valence-corrected chi connectivity index (χ0v) is 17.4. The number of hydrogen-bond donors (Lipinski definition) is 2. The maximum atomic E-state index is 11.9. The van der Waals surface area contributed by atoms with Crippen LogP contribution in [0.5, 0.6) is 11.5 Å². The Hall–Kier alpha value is -1.21. The van der Waals surface area contributed by atoms with Crippen molar-refractivity contribution in [2.45, 2.75) is 31.8 Å². The predicted octanol–water partition coefficient (Wildman–Crippen LogP) is 2.24. The first-order valence-corrected chi connectivity index (χ1v) is 8.53. The first-order chi connectivity index (χ1) is 11.6. The summed E-state index contributed by atoms with van der Waals surface area (Å²) in [5.74, 6) is 1.76. The number of methoxy groups -OCH3 is 2. The van der Waals surface area contributed by atoms with Gasteiger partial charge in [-0.15, -0.1) is 24.8 Å². The molecular formula is C18H31Cl2N3O3. The second kappa shape index (κ2) is 13.0. The number of carbonyl (C=O) groups is 1. The molecule has 1 unspecified atom stereocenters. The largest absolute Gasteiger partial charge is 0.497 e. The average Bonchev–Trinajstić information content (AvgIpc) is 3.01. The van der Waals surface area contributed by atoms with Gasteiger partial charge < -0.3 is 20.1 Å². The Kier molecular flexibility index (Phi) is 12.4. The van der Waals surface area contributed by atoms with E-state index >= 15 is 0 Å². The molecule has 1 aliphatic heterocycles. The summed E-state index contributed by atoms with van der Waals surface area (Å²) in [6.45, 7) is 3.58. The van der Waals surface area contributed by atoms with E-state index in [1.807, 2.05) is 25.2 Å². The van der Waals surface area contributed by atoms with Crippen molar-refractivity contribution >= 4 is 30.7 Å². The molecule has 1 atom stereocenters. The van der Waals surface area contributed by atoms with Crippen LogP contribution >= 0.6 is 24.8 Å². The minimum atomic E-state index is 0. The number of hydrogen-bond acceptors (Lipinski definition) is 5. The Morgan fingerprint density at radius 2 is 1.85 bits per heavy atom. The van der Waals surface area contributed by atoms with Crippen LogP contribution in [0.2, 0.25) is 0 Å². The number of ether oxygens (including phenoxy) is 2. The first kappa shape index (κ1) is 24.8. The van der Waals surface area contributed by atoms with Crippen LogP contribution in [-0.2, 0) is 11.3 Å². The van der Waals surface area contributed by atoms with E-state index in [0.29, 0.717) is 6.42 Å². The van der Waals surface area contributed by atoms with Crippen LogP contribution in [0, 0.1) is 0 Å². The molecular weight excluding hydrogens is 377 g/mol. The highest BCUT2D eigenvalue weighted by molar-refractivity contribution is 5.85. The fourth-order valence-electron chi connectivity index (χ4n) is 3.04. The Morgan fingerprint density at radius 3 is 2.42 bits per heavy atom. The van der Waals surface area contributed by atoms with Crippen molar-refractivity contribution in [2.24, 2.45) is 0 Å². The van der Waals surface area contributed by atoms with Crippen molar-refractivity contribution in [3.8, 4) is 11.5 Å². The molecule has 2 N–H and O–H groups in total. The maximum absolute atomic E-state index is 11.9. The minimum absolute atomic E-state index is 0. The van der Waals surface area contributed by atoms with Crippen molar-refractivity contribution in [1.29, 1.82) is 0 Å². The number of nitrogens with one attached hydrogen (secondary N) is 2. The third kappa shape index (κ3) is 7.99. The summed E-state index contributed by atoms with van der Waals surface area (Å²) < 4.78 is 10.6. The number of halogens is 2. The molecule has 0 spiro atoms. The summed E-state index contributed by atoms with van der Waals surface area (Å²) in [6, 6.07) is 6.19. The van der Waals surface area contributed by atoms with Crippen LogP contribution in [0.4, 0.5) is 0 Å². The topological polar surface area (TPSA) is 62.8 Å². The van der Waals surface area contributed by atoms with Crippen molar-refractivity contribution in [2.75, 3.05) is 40.9 Å². The van der Waals surface area contributed by atoms with Gasteiger partial charge in [0.1, 0.15) is 11.5 Å². The molecule has 1 heterocycles. The molecule has 1 aromatic rings. The van der Waals surface area contributed by atoms with Gasteiger partial charge in [-0.05, 0) is 44.1 Å². The summed E-state index contributed by atoms with van der Waals surface area (Å²) in [7, 11) is 5.22. The molecule has 1 saturated heterocycles. The third-order valence-corrected chi connectivity index (χ3v) is 4.29. The highest BCUT2D eigenvalue weighted by Gasteiger charge is 2.23. The zero-order chi connectivity index (χ0) is 17.4. The molecule has 1 aromatic carbocycles. The molecule has 26 heavy (non-hydrogen) atoms. The fraction of sp³-hybridized carbons (Fsp3) is 0.611. The lowest BCUT2D eigenvalue weighted by Crippen LogP contribution is -2.37. The number of amides is 1. The van der Waals surface area contributed by atoms with Gasteiger partial charge in [0, 0.05) is 38.2 Å². The second-order valence-electron chi connectivity index (χ2n) is 6.22. The highest BCUT2D eigenvalue weighted by atomic mass is 35.5. The van der Waals surface area contributed by atoms with Crippen LogP contribution in [-0.4, -0.2) is 57.8 Å². The lowest BCUT2D eigenvalue weighted by atomic mass is 10.2. The molecule has 2 rings (SSSR count). The van der Waals surface area contributed by atoms with Gasteiger partial charge >= 0.3 is 0 Å². The molecule has 150 valence electrons. The van der Waals surface area contributed by atoms with E-state index in [1.165, 1.54) is 0 Å². The van der Waals surface area contributed by atoms with Crippen LogP contribution in [0.3, 0.4) is 0 Å². The quantitative estimate of drug-likeness (QED) is 0.614. The van der Waals surface area contributed by atoms with E-state index in [9.17, 15) is 4.79 Å². The second-order valence-corrected chi connectivity index (χ2v) is 6.22. The van der Waals surface area contributed by atoms with Crippen molar-refractivity contribution in [3.05, 3.63) is 23.8 Å². The Labute approximate surface area is 168 Å². The zero-order valence-electron chi connectivity index (χ0n) is 15.7. The molecule has 6 nitrogen and oxygen atoms in total. The molecule has 1 fully saturated rings. The first-order valence-electron chi connectivity index (χ1n) is 8.53. The molecule has 0 aromatic heterocycles. The van der Waals surface area contributed by atoms with Crippen molar-refractivity contribution in [1.82, 2.24) is 15.5 Å². The number of carbonyl (C=O) groups excluding carboxylic acids is 1. The van der Waals surface area contributed by atoms with Crippen molar-refractivity contribution in [3.63, 3.8) is 0 Å². The Morgan fingerprint density at radius 1 is 1.19 bits per heavy atom. The smallest absolute Gasteiger partial charge is 0.220 e. The number of benzene rings is 1. The lowest BCUT2D eigenvalue weighted by molar-refractivity contribution is -0.121. The van der Waals surface area contributed by atoms with E-state index in [-0.39, 0.29) is 36.8 Å². The van der Waals surface area contributed by atoms with Gasteiger partial charge in [0.15, 0.2) is 0 Å². The summed E-state index contributed by atoms with van der Waals surface area (Å²) in [5.41, 5.74) is 1.16. The minimum Gasteiger partial charge on any atom is -0.497 e. The molecule has 0 aliphatic carbocycles. The molecule has 0 bridgehead atoms. The van der Waals surface area contributed by atoms with E-state index in [0.717, 1.165) is 56.1 Å². The molecule has 1 amide bonds. The monoisotopic (exact) mass is 407 g/mol. The van der Waals surface area contributed by atoms with Gasteiger partial charge in [0.2, 0.25) is 5.91 Å². The third-order valence-electron chi connectivity index (χ3n) is 4.29. The SMILES string of the molecule is CNCCCC(=O)NC1CCN(Cc2cc(OC)cc(OC)c2)C1.Cl.Cl. The number of nitrogens with zero attached hydrogens (tertiary/aromatic N) is 1. The van der Waals surface area contributed by atoms with Gasteiger partial charge in [-0.1, -0.05) is 0 Å². The molecule has 0 saturated carbocycles. The number of rotatable bonds is 9. The lowest BCUT2D eigenvalue weighted by Gasteiger charge is -2.18. The Bertz CT molecular complexity index is 524. The fourth-order valence-corrected chi connectivity index (χ4v) is 3.04. The van der Waals surface area contributed by atoms with Gasteiger partial charge in [-0.3, -0.25) is 9.69 Å². The van der Waals surface area contributed by atoms with Crippen LogP contribution in [0.25, 0.3) is 0 Å². The standard InChI is InChI=1S/C18H29N3O3.2ClH/c1-19-7-4-5-18(22)20-15-6-8-21(13-15)12-14-9-16(23-2)11-17(10-14)24-3;;/h9-11,15,19H,4-8,12-13H2,1-3H3,(H,20,22);2*1H. The summed E-state index contributed by atoms with van der Waals surface area (Å²) in [4.78, 5) is 14.3. The van der Waals surface area contributed by atoms with Crippen LogP contribution in [0.1, 0.15) is 24.8 Å². The van der Waals surface area contributed by atoms with E-state index in [2.05, 4.69) is 15.5 Å². The predicted molar refractivity (Wildman–Crippen MR) is 109 cm³/mol. The summed E-state index contributed by atoms with van der Waals surface area (Å²) in [6.07, 6.45) is 2.46. The van der Waals surface area contributed by atoms with Gasteiger partial charge in [0.05, 0.1) is 14.2 Å². The van der Waals surface area contributed by atoms with E-state index in [1.54, 1.807) is 14.2 Å². The molecule has 8 heteroatoms. The van der Waals surface area contributed by atoms with Crippen LogP contribution in [0.15, 0.2) is 18.2 Å². The summed E-state index contributed by atoms with van der Waals surface area (Å²) in [5, 5.41) is 6.20. The van der Waals surface area contributed by atoms with E-state index < -0.39 is 0 Å². The molecule has 0 radical (unpaired) electrons. The molecule has 1 aliphatic rings. The van der Waals surface area contributed by atoms with E-state index in [4.69, 9.17) is 9.47 Å². The Balaban J connectivity index is 0.00000312. The van der Waals surface area contributed by atoms with Gasteiger partial charge in [-0.25, -0.2) is 0 Å². The van der Waals surface area contributed by atoms with Crippen molar-refractivity contribution < 1.29 is 14.3 Å². The number of likely N-dealkylation sites (tertiary alicyclic amines) is 1. The van der Waals surface area contributed by atoms with Crippen LogP contribution < -0.4 is 20.1 Å². The van der Waals surface area contributed by atoms with Gasteiger partial charge in [-0.2, -0.15) is 0 Å². The highest BCUT2D eigenvalue weighted by Crippen LogP contribution is 2.24. The summed E-state index contributed by atoms with van der Waals surface area (Å²) >= 11 is 0. The normalized spacial score (nSPS) is 16.3. The maximum Gasteiger partial charge on any atom is 0.220 e. The van der Waals surface area contributed by atoms with Gasteiger partial charge in [0.25, 0.3) is 0 Å².